The Morgan fingerprint density at radius 1 is 1.08 bits per heavy atom. The van der Waals surface area contributed by atoms with Gasteiger partial charge < -0.3 is 5.32 Å². The SMILES string of the molecule is Cc1ccc(C(=O)CCc2ccc(Cl)nc2)c(Nc2ccccc2)n1. The first-order chi connectivity index (χ1) is 12.1. The van der Waals surface area contributed by atoms with Gasteiger partial charge in [0.1, 0.15) is 11.0 Å². The summed E-state index contributed by atoms with van der Waals surface area (Å²) in [7, 11) is 0. The maximum Gasteiger partial charge on any atom is 0.166 e. The number of pyridine rings is 2. The number of aryl methyl sites for hydroxylation is 2. The molecule has 0 bridgehead atoms. The molecule has 4 nitrogen and oxygen atoms in total. The highest BCUT2D eigenvalue weighted by Crippen LogP contribution is 2.21. The average Bonchev–Trinajstić information content (AvgIpc) is 2.62. The zero-order valence-corrected chi connectivity index (χ0v) is 14.6. The van der Waals surface area contributed by atoms with Gasteiger partial charge in [-0.25, -0.2) is 9.97 Å². The first kappa shape index (κ1) is 17.1. The van der Waals surface area contributed by atoms with Gasteiger partial charge in [0.15, 0.2) is 5.78 Å². The van der Waals surface area contributed by atoms with Gasteiger partial charge in [-0.05, 0) is 49.2 Å². The highest BCUT2D eigenvalue weighted by molar-refractivity contribution is 6.29. The Balaban J connectivity index is 1.76. The Labute approximate surface area is 151 Å². The van der Waals surface area contributed by atoms with E-state index >= 15 is 0 Å². The number of Topliss-reactive ketones (excluding diaryl/α,β-unsaturated/α-hetero) is 1. The van der Waals surface area contributed by atoms with Crippen molar-refractivity contribution in [2.24, 2.45) is 0 Å². The van der Waals surface area contributed by atoms with Crippen LogP contribution in [-0.4, -0.2) is 15.8 Å². The van der Waals surface area contributed by atoms with Crippen LogP contribution in [0.3, 0.4) is 0 Å². The third-order valence-electron chi connectivity index (χ3n) is 3.80. The third kappa shape index (κ3) is 4.64. The molecule has 2 aromatic heterocycles. The molecule has 0 aliphatic carbocycles. The quantitative estimate of drug-likeness (QED) is 0.501. The molecule has 1 aromatic carbocycles. The molecule has 0 saturated heterocycles. The van der Waals surface area contributed by atoms with Gasteiger partial charge in [-0.1, -0.05) is 35.9 Å². The normalized spacial score (nSPS) is 10.5. The van der Waals surface area contributed by atoms with Gasteiger partial charge in [0.2, 0.25) is 0 Å². The number of carbonyl (C=O) groups is 1. The van der Waals surface area contributed by atoms with Crippen molar-refractivity contribution in [3.05, 3.63) is 82.8 Å². The van der Waals surface area contributed by atoms with E-state index in [1.54, 1.807) is 12.3 Å². The molecule has 0 amide bonds. The van der Waals surface area contributed by atoms with Crippen molar-refractivity contribution in [2.75, 3.05) is 5.32 Å². The Morgan fingerprint density at radius 2 is 1.88 bits per heavy atom. The van der Waals surface area contributed by atoms with E-state index in [1.807, 2.05) is 55.5 Å². The predicted molar refractivity (Wildman–Crippen MR) is 101 cm³/mol. The summed E-state index contributed by atoms with van der Waals surface area (Å²) in [5.74, 6) is 0.631. The predicted octanol–water partition coefficient (Wildman–Crippen LogP) is 5.00. The minimum Gasteiger partial charge on any atom is -0.340 e. The van der Waals surface area contributed by atoms with E-state index in [4.69, 9.17) is 11.6 Å². The number of anilines is 2. The fourth-order valence-electron chi connectivity index (χ4n) is 2.48. The number of rotatable bonds is 6. The van der Waals surface area contributed by atoms with Crippen molar-refractivity contribution in [1.29, 1.82) is 0 Å². The van der Waals surface area contributed by atoms with Gasteiger partial charge in [0, 0.05) is 24.0 Å². The van der Waals surface area contributed by atoms with E-state index in [9.17, 15) is 4.79 Å². The molecule has 25 heavy (non-hydrogen) atoms. The number of carbonyl (C=O) groups excluding carboxylic acids is 1. The fraction of sp³-hybridized carbons (Fsp3) is 0.150. The number of nitrogens with zero attached hydrogens (tertiary/aromatic N) is 2. The largest absolute Gasteiger partial charge is 0.340 e. The molecule has 5 heteroatoms. The van der Waals surface area contributed by atoms with Crippen molar-refractivity contribution < 1.29 is 4.79 Å². The lowest BCUT2D eigenvalue weighted by atomic mass is 10.0. The lowest BCUT2D eigenvalue weighted by molar-refractivity contribution is 0.0983. The summed E-state index contributed by atoms with van der Waals surface area (Å²) < 4.78 is 0. The highest BCUT2D eigenvalue weighted by atomic mass is 35.5. The second-order valence-electron chi connectivity index (χ2n) is 5.75. The molecule has 2 heterocycles. The molecule has 0 aliphatic rings. The maximum atomic E-state index is 12.7. The summed E-state index contributed by atoms with van der Waals surface area (Å²) in [6.45, 7) is 1.91. The summed E-state index contributed by atoms with van der Waals surface area (Å²) in [6, 6.07) is 17.0. The molecule has 0 aliphatic heterocycles. The molecule has 3 aromatic rings. The van der Waals surface area contributed by atoms with Gasteiger partial charge in [-0.2, -0.15) is 0 Å². The summed E-state index contributed by atoms with van der Waals surface area (Å²) in [6.07, 6.45) is 2.70. The zero-order valence-electron chi connectivity index (χ0n) is 13.9. The third-order valence-corrected chi connectivity index (χ3v) is 4.02. The molecule has 0 unspecified atom stereocenters. The van der Waals surface area contributed by atoms with E-state index in [1.165, 1.54) is 0 Å². The van der Waals surface area contributed by atoms with Crippen LogP contribution in [0, 0.1) is 6.92 Å². The highest BCUT2D eigenvalue weighted by Gasteiger charge is 2.13. The van der Waals surface area contributed by atoms with Gasteiger partial charge in [-0.15, -0.1) is 0 Å². The van der Waals surface area contributed by atoms with Crippen molar-refractivity contribution in [3.8, 4) is 0 Å². The molecule has 0 radical (unpaired) electrons. The minimum absolute atomic E-state index is 0.0425. The zero-order chi connectivity index (χ0) is 17.6. The van der Waals surface area contributed by atoms with Crippen LogP contribution >= 0.6 is 11.6 Å². The Bertz CT molecular complexity index is 864. The lowest BCUT2D eigenvalue weighted by Gasteiger charge is -2.11. The van der Waals surface area contributed by atoms with Crippen LogP contribution < -0.4 is 5.32 Å². The smallest absolute Gasteiger partial charge is 0.166 e. The van der Waals surface area contributed by atoms with Gasteiger partial charge in [0.25, 0.3) is 0 Å². The van der Waals surface area contributed by atoms with Crippen molar-refractivity contribution in [1.82, 2.24) is 9.97 Å². The first-order valence-corrected chi connectivity index (χ1v) is 8.43. The molecule has 0 atom stereocenters. The maximum absolute atomic E-state index is 12.7. The summed E-state index contributed by atoms with van der Waals surface area (Å²) in [4.78, 5) is 21.2. The number of halogens is 1. The molecule has 126 valence electrons. The van der Waals surface area contributed by atoms with Gasteiger partial charge in [0.05, 0.1) is 5.56 Å². The van der Waals surface area contributed by atoms with E-state index < -0.39 is 0 Å². The molecule has 0 saturated carbocycles. The number of hydrogen-bond donors (Lipinski definition) is 1. The number of ketones is 1. The topological polar surface area (TPSA) is 54.9 Å². The Morgan fingerprint density at radius 3 is 2.60 bits per heavy atom. The molecule has 0 fully saturated rings. The first-order valence-electron chi connectivity index (χ1n) is 8.05. The average molecular weight is 352 g/mol. The van der Waals surface area contributed by atoms with Crippen LogP contribution in [0.25, 0.3) is 0 Å². The van der Waals surface area contributed by atoms with E-state index in [2.05, 4.69) is 15.3 Å². The second kappa shape index (κ2) is 7.90. The number of hydrogen-bond acceptors (Lipinski definition) is 4. The van der Waals surface area contributed by atoms with E-state index in [0.717, 1.165) is 16.9 Å². The van der Waals surface area contributed by atoms with Gasteiger partial charge in [-0.3, -0.25) is 4.79 Å². The Kier molecular flexibility index (Phi) is 5.41. The van der Waals surface area contributed by atoms with Crippen LogP contribution in [0.1, 0.15) is 28.0 Å². The standard InChI is InChI=1S/C20H18ClN3O/c1-14-7-10-17(20(23-14)24-16-5-3-2-4-6-16)18(25)11-8-15-9-12-19(21)22-13-15/h2-7,9-10,12-13H,8,11H2,1H3,(H,23,24). The number of aromatic nitrogens is 2. The molecular weight excluding hydrogens is 334 g/mol. The summed E-state index contributed by atoms with van der Waals surface area (Å²) >= 11 is 5.79. The van der Waals surface area contributed by atoms with Crippen molar-refractivity contribution in [3.63, 3.8) is 0 Å². The number of para-hydroxylation sites is 1. The van der Waals surface area contributed by atoms with Crippen molar-refractivity contribution >= 4 is 28.9 Å². The fourth-order valence-corrected chi connectivity index (χ4v) is 2.59. The van der Waals surface area contributed by atoms with Crippen LogP contribution in [-0.2, 0) is 6.42 Å². The molecular formula is C20H18ClN3O. The lowest BCUT2D eigenvalue weighted by Crippen LogP contribution is -2.08. The van der Waals surface area contributed by atoms with Crippen LogP contribution in [0.5, 0.6) is 0 Å². The van der Waals surface area contributed by atoms with E-state index in [0.29, 0.717) is 29.4 Å². The van der Waals surface area contributed by atoms with Crippen LogP contribution in [0.15, 0.2) is 60.8 Å². The minimum atomic E-state index is 0.0425. The Hall–Kier alpha value is -2.72. The van der Waals surface area contributed by atoms with Crippen molar-refractivity contribution in [2.45, 2.75) is 19.8 Å². The number of nitrogens with one attached hydrogen (secondary N) is 1. The van der Waals surface area contributed by atoms with Crippen LogP contribution in [0.2, 0.25) is 5.15 Å². The monoisotopic (exact) mass is 351 g/mol. The van der Waals surface area contributed by atoms with Crippen LogP contribution in [0.4, 0.5) is 11.5 Å². The molecule has 1 N–H and O–H groups in total. The number of benzene rings is 1. The second-order valence-corrected chi connectivity index (χ2v) is 6.14. The van der Waals surface area contributed by atoms with Gasteiger partial charge >= 0.3 is 0 Å². The molecule has 0 spiro atoms. The van der Waals surface area contributed by atoms with E-state index in [-0.39, 0.29) is 5.78 Å². The summed E-state index contributed by atoms with van der Waals surface area (Å²) in [5.41, 5.74) is 3.33. The summed E-state index contributed by atoms with van der Waals surface area (Å²) in [5, 5.41) is 3.69. The molecule has 3 rings (SSSR count).